The largest absolute Gasteiger partial charge is 0.487 e. The van der Waals surface area contributed by atoms with Crippen LogP contribution in [0.2, 0.25) is 0 Å². The first kappa shape index (κ1) is 14.1. The molecule has 0 unspecified atom stereocenters. The number of benzene rings is 1. The first-order valence-corrected chi connectivity index (χ1v) is 6.36. The molecule has 1 aromatic heterocycles. The van der Waals surface area contributed by atoms with E-state index in [-0.39, 0.29) is 17.9 Å². The van der Waals surface area contributed by atoms with Crippen molar-refractivity contribution in [2.24, 2.45) is 14.1 Å². The Morgan fingerprint density at radius 3 is 2.50 bits per heavy atom. The second-order valence-corrected chi connectivity index (χ2v) is 4.86. The van der Waals surface area contributed by atoms with Crippen LogP contribution in [0.25, 0.3) is 0 Å². The van der Waals surface area contributed by atoms with E-state index in [2.05, 4.69) is 0 Å². The molecule has 2 aromatic rings. The molecule has 106 valence electrons. The van der Waals surface area contributed by atoms with Gasteiger partial charge in [0.2, 0.25) is 0 Å². The molecule has 0 aliphatic carbocycles. The second kappa shape index (κ2) is 5.36. The van der Waals surface area contributed by atoms with Crippen LogP contribution in [0.3, 0.4) is 0 Å². The Hall–Kier alpha value is -2.30. The maximum Gasteiger partial charge on any atom is 0.330 e. The first-order chi connectivity index (χ1) is 9.41. The topological polar surface area (TPSA) is 53.2 Å². The first-order valence-electron chi connectivity index (χ1n) is 6.36. The highest BCUT2D eigenvalue weighted by Gasteiger charge is 2.08. The van der Waals surface area contributed by atoms with Crippen LogP contribution in [0.4, 0.5) is 0 Å². The van der Waals surface area contributed by atoms with Gasteiger partial charge in [-0.05, 0) is 31.0 Å². The van der Waals surface area contributed by atoms with E-state index >= 15 is 0 Å². The summed E-state index contributed by atoms with van der Waals surface area (Å²) in [5, 5.41) is 0. The lowest BCUT2D eigenvalue weighted by molar-refractivity contribution is 0.291. The predicted molar refractivity (Wildman–Crippen MR) is 77.2 cm³/mol. The molecule has 2 rings (SSSR count). The molecule has 0 saturated carbocycles. The van der Waals surface area contributed by atoms with E-state index < -0.39 is 0 Å². The average molecular weight is 274 g/mol. The van der Waals surface area contributed by atoms with Crippen LogP contribution in [0.1, 0.15) is 16.8 Å². The summed E-state index contributed by atoms with van der Waals surface area (Å²) in [6.07, 6.45) is 0. The number of aromatic nitrogens is 2. The van der Waals surface area contributed by atoms with Gasteiger partial charge < -0.3 is 4.74 Å². The highest BCUT2D eigenvalue weighted by molar-refractivity contribution is 5.38. The van der Waals surface area contributed by atoms with E-state index in [0.717, 1.165) is 21.4 Å². The van der Waals surface area contributed by atoms with Crippen LogP contribution >= 0.6 is 0 Å². The smallest absolute Gasteiger partial charge is 0.330 e. The number of hydrogen-bond donors (Lipinski definition) is 0. The lowest BCUT2D eigenvalue weighted by Crippen LogP contribution is -2.38. The highest BCUT2D eigenvalue weighted by atomic mass is 16.5. The van der Waals surface area contributed by atoms with Crippen molar-refractivity contribution in [3.63, 3.8) is 0 Å². The van der Waals surface area contributed by atoms with Crippen molar-refractivity contribution >= 4 is 0 Å². The zero-order chi connectivity index (χ0) is 14.9. The summed E-state index contributed by atoms with van der Waals surface area (Å²) in [6.45, 7) is 4.18. The van der Waals surface area contributed by atoms with Gasteiger partial charge in [0.05, 0.1) is 5.69 Å². The third-order valence-corrected chi connectivity index (χ3v) is 3.56. The molecule has 0 atom stereocenters. The number of rotatable bonds is 3. The summed E-state index contributed by atoms with van der Waals surface area (Å²) in [7, 11) is 3.09. The third-order valence-electron chi connectivity index (χ3n) is 3.56. The van der Waals surface area contributed by atoms with Crippen molar-refractivity contribution in [1.29, 1.82) is 0 Å². The minimum atomic E-state index is -0.350. The standard InChI is InChI=1S/C15H18N2O3/c1-10-6-5-7-13(11(10)2)20-9-12-8-14(18)17(4)15(19)16(12)3/h5-8H,9H2,1-4H3. The fourth-order valence-electron chi connectivity index (χ4n) is 1.95. The van der Waals surface area contributed by atoms with E-state index in [0.29, 0.717) is 5.69 Å². The van der Waals surface area contributed by atoms with Crippen molar-refractivity contribution in [2.75, 3.05) is 0 Å². The van der Waals surface area contributed by atoms with Gasteiger partial charge in [-0.3, -0.25) is 13.9 Å². The maximum atomic E-state index is 11.8. The summed E-state index contributed by atoms with van der Waals surface area (Å²) < 4.78 is 8.22. The van der Waals surface area contributed by atoms with Crippen LogP contribution in [-0.2, 0) is 20.7 Å². The van der Waals surface area contributed by atoms with Crippen LogP contribution in [0.5, 0.6) is 5.75 Å². The summed E-state index contributed by atoms with van der Waals surface area (Å²) in [6, 6.07) is 7.23. The number of hydrogen-bond acceptors (Lipinski definition) is 3. The zero-order valence-corrected chi connectivity index (χ0v) is 12.1. The van der Waals surface area contributed by atoms with Crippen molar-refractivity contribution in [3.8, 4) is 5.75 Å². The van der Waals surface area contributed by atoms with Crippen molar-refractivity contribution in [3.05, 3.63) is 61.9 Å². The van der Waals surface area contributed by atoms with Gasteiger partial charge in [0.25, 0.3) is 5.56 Å². The molecule has 0 spiro atoms. The van der Waals surface area contributed by atoms with E-state index in [1.807, 2.05) is 32.0 Å². The van der Waals surface area contributed by atoms with Gasteiger partial charge in [-0.1, -0.05) is 12.1 Å². The van der Waals surface area contributed by atoms with E-state index in [4.69, 9.17) is 4.74 Å². The monoisotopic (exact) mass is 274 g/mol. The van der Waals surface area contributed by atoms with Crippen molar-refractivity contribution in [1.82, 2.24) is 9.13 Å². The molecular formula is C15H18N2O3. The minimum Gasteiger partial charge on any atom is -0.487 e. The van der Waals surface area contributed by atoms with E-state index in [9.17, 15) is 9.59 Å². The highest BCUT2D eigenvalue weighted by Crippen LogP contribution is 2.21. The quantitative estimate of drug-likeness (QED) is 0.847. The molecule has 1 aromatic carbocycles. The van der Waals surface area contributed by atoms with Crippen molar-refractivity contribution in [2.45, 2.75) is 20.5 Å². The summed E-state index contributed by atoms with van der Waals surface area (Å²) in [5.74, 6) is 0.762. The molecule has 0 aliphatic heterocycles. The Morgan fingerprint density at radius 1 is 1.10 bits per heavy atom. The van der Waals surface area contributed by atoms with Crippen LogP contribution in [0.15, 0.2) is 33.9 Å². The van der Waals surface area contributed by atoms with E-state index in [1.165, 1.54) is 17.7 Å². The predicted octanol–water partition coefficient (Wildman–Crippen LogP) is 1.28. The van der Waals surface area contributed by atoms with E-state index in [1.54, 1.807) is 7.05 Å². The van der Waals surface area contributed by atoms with Gasteiger partial charge in [0.15, 0.2) is 0 Å². The molecule has 5 nitrogen and oxygen atoms in total. The van der Waals surface area contributed by atoms with Gasteiger partial charge in [-0.2, -0.15) is 0 Å². The molecule has 5 heteroatoms. The average Bonchev–Trinajstić information content (AvgIpc) is 2.43. The fraction of sp³-hybridized carbons (Fsp3) is 0.333. The molecule has 20 heavy (non-hydrogen) atoms. The Balaban J connectivity index is 2.31. The van der Waals surface area contributed by atoms with Crippen LogP contribution in [-0.4, -0.2) is 9.13 Å². The number of nitrogens with zero attached hydrogens (tertiary/aromatic N) is 2. The Kier molecular flexibility index (Phi) is 3.79. The summed E-state index contributed by atoms with van der Waals surface area (Å²) in [4.78, 5) is 23.5. The Bertz CT molecular complexity index is 757. The molecule has 0 saturated heterocycles. The Labute approximate surface area is 117 Å². The molecule has 0 aliphatic rings. The SMILES string of the molecule is Cc1cccc(OCc2cc(=O)n(C)c(=O)n2C)c1C. The summed E-state index contributed by atoms with van der Waals surface area (Å²) >= 11 is 0. The van der Waals surface area contributed by atoms with Crippen molar-refractivity contribution < 1.29 is 4.74 Å². The maximum absolute atomic E-state index is 11.8. The van der Waals surface area contributed by atoms with Gasteiger partial charge in [-0.15, -0.1) is 0 Å². The summed E-state index contributed by atoms with van der Waals surface area (Å²) in [5.41, 5.74) is 2.07. The lowest BCUT2D eigenvalue weighted by atomic mass is 10.1. The van der Waals surface area contributed by atoms with Crippen LogP contribution in [0, 0.1) is 13.8 Å². The molecule has 1 heterocycles. The van der Waals surface area contributed by atoms with Gasteiger partial charge in [0, 0.05) is 20.2 Å². The van der Waals surface area contributed by atoms with Crippen LogP contribution < -0.4 is 16.0 Å². The minimum absolute atomic E-state index is 0.187. The van der Waals surface area contributed by atoms with Gasteiger partial charge >= 0.3 is 5.69 Å². The normalized spacial score (nSPS) is 10.6. The molecule has 0 N–H and O–H groups in total. The molecule has 0 radical (unpaired) electrons. The molecule has 0 amide bonds. The number of aryl methyl sites for hydroxylation is 1. The third kappa shape index (κ3) is 2.52. The fourth-order valence-corrected chi connectivity index (χ4v) is 1.95. The lowest BCUT2D eigenvalue weighted by Gasteiger charge is -2.13. The molecular weight excluding hydrogens is 256 g/mol. The van der Waals surface area contributed by atoms with Gasteiger partial charge in [0.1, 0.15) is 12.4 Å². The molecule has 0 bridgehead atoms. The Morgan fingerprint density at radius 2 is 1.80 bits per heavy atom. The number of ether oxygens (including phenoxy) is 1. The zero-order valence-electron chi connectivity index (χ0n) is 12.1. The second-order valence-electron chi connectivity index (χ2n) is 4.86. The van der Waals surface area contributed by atoms with Gasteiger partial charge in [-0.25, -0.2) is 4.79 Å². The molecule has 0 fully saturated rings.